The molecule has 1 aliphatic heterocycles. The molecule has 1 aromatic carbocycles. The zero-order valence-electron chi connectivity index (χ0n) is 10.3. The molecule has 17 heavy (non-hydrogen) atoms. The highest BCUT2D eigenvalue weighted by Crippen LogP contribution is 2.22. The number of rotatable bonds is 3. The van der Waals surface area contributed by atoms with Gasteiger partial charge in [0.1, 0.15) is 0 Å². The number of likely N-dealkylation sites (tertiary alicyclic amines) is 1. The van der Waals surface area contributed by atoms with Crippen molar-refractivity contribution in [3.05, 3.63) is 35.4 Å². The Kier molecular flexibility index (Phi) is 4.11. The molecule has 1 nitrogen and oxygen atoms in total. The predicted molar refractivity (Wildman–Crippen MR) is 64.7 cm³/mol. The molecule has 2 rings (SSSR count). The monoisotopic (exact) mass is 239 g/mol. The van der Waals surface area contributed by atoms with Crippen molar-refractivity contribution in [3.8, 4) is 0 Å². The number of hydrogen-bond donors (Lipinski definition) is 0. The first-order chi connectivity index (χ1) is 8.20. The SMILES string of the molecule is CCC1CCCCN1Cc1ccc(F)c(F)c1. The molecule has 1 saturated heterocycles. The highest BCUT2D eigenvalue weighted by Gasteiger charge is 2.20. The van der Waals surface area contributed by atoms with Crippen LogP contribution in [0.4, 0.5) is 8.78 Å². The van der Waals surface area contributed by atoms with Gasteiger partial charge in [0, 0.05) is 12.6 Å². The van der Waals surface area contributed by atoms with E-state index in [1.165, 1.54) is 31.4 Å². The zero-order valence-corrected chi connectivity index (χ0v) is 10.3. The van der Waals surface area contributed by atoms with Crippen LogP contribution in [0.3, 0.4) is 0 Å². The normalized spacial score (nSPS) is 21.7. The number of nitrogens with zero attached hydrogens (tertiary/aromatic N) is 1. The first kappa shape index (κ1) is 12.5. The molecule has 0 bridgehead atoms. The van der Waals surface area contributed by atoms with Crippen molar-refractivity contribution in [2.24, 2.45) is 0 Å². The highest BCUT2D eigenvalue weighted by molar-refractivity contribution is 5.17. The Morgan fingerprint density at radius 1 is 1.24 bits per heavy atom. The summed E-state index contributed by atoms with van der Waals surface area (Å²) in [6, 6.07) is 4.81. The zero-order chi connectivity index (χ0) is 12.3. The summed E-state index contributed by atoms with van der Waals surface area (Å²) < 4.78 is 26.0. The minimum atomic E-state index is -0.764. The summed E-state index contributed by atoms with van der Waals surface area (Å²) in [6.45, 7) is 3.99. The summed E-state index contributed by atoms with van der Waals surface area (Å²) in [5.41, 5.74) is 0.865. The first-order valence-corrected chi connectivity index (χ1v) is 6.38. The van der Waals surface area contributed by atoms with Gasteiger partial charge in [0.2, 0.25) is 0 Å². The topological polar surface area (TPSA) is 3.24 Å². The van der Waals surface area contributed by atoms with E-state index < -0.39 is 11.6 Å². The Bertz CT molecular complexity index is 378. The van der Waals surface area contributed by atoms with E-state index in [0.717, 1.165) is 25.1 Å². The van der Waals surface area contributed by atoms with Crippen molar-refractivity contribution in [1.29, 1.82) is 0 Å². The molecule has 0 aromatic heterocycles. The van der Waals surface area contributed by atoms with Gasteiger partial charge in [0.25, 0.3) is 0 Å². The molecule has 1 atom stereocenters. The van der Waals surface area contributed by atoms with Crippen molar-refractivity contribution in [2.45, 2.75) is 45.2 Å². The number of hydrogen-bond acceptors (Lipinski definition) is 1. The van der Waals surface area contributed by atoms with Gasteiger partial charge < -0.3 is 0 Å². The lowest BCUT2D eigenvalue weighted by Gasteiger charge is -2.35. The van der Waals surface area contributed by atoms with Crippen LogP contribution in [-0.2, 0) is 6.54 Å². The van der Waals surface area contributed by atoms with Crippen molar-refractivity contribution < 1.29 is 8.78 Å². The molecule has 0 aliphatic carbocycles. The summed E-state index contributed by atoms with van der Waals surface area (Å²) in [5.74, 6) is -1.51. The van der Waals surface area contributed by atoms with Crippen LogP contribution >= 0.6 is 0 Å². The van der Waals surface area contributed by atoms with Gasteiger partial charge in [-0.05, 0) is 43.5 Å². The van der Waals surface area contributed by atoms with E-state index >= 15 is 0 Å². The van der Waals surface area contributed by atoms with Gasteiger partial charge in [-0.15, -0.1) is 0 Å². The molecule has 1 aromatic rings. The molecule has 1 heterocycles. The van der Waals surface area contributed by atoms with Crippen molar-refractivity contribution in [2.75, 3.05) is 6.54 Å². The molecule has 1 aliphatic rings. The second-order valence-corrected chi connectivity index (χ2v) is 4.78. The third kappa shape index (κ3) is 3.03. The molecule has 3 heteroatoms. The molecule has 1 fully saturated rings. The van der Waals surface area contributed by atoms with E-state index in [4.69, 9.17) is 0 Å². The van der Waals surface area contributed by atoms with Gasteiger partial charge >= 0.3 is 0 Å². The number of halogens is 2. The number of benzene rings is 1. The summed E-state index contributed by atoms with van der Waals surface area (Å²) >= 11 is 0. The third-order valence-electron chi connectivity index (χ3n) is 3.59. The summed E-state index contributed by atoms with van der Waals surface area (Å²) in [6.07, 6.45) is 4.84. The van der Waals surface area contributed by atoms with Gasteiger partial charge in [0.05, 0.1) is 0 Å². The molecular weight excluding hydrogens is 220 g/mol. The largest absolute Gasteiger partial charge is 0.296 e. The smallest absolute Gasteiger partial charge is 0.159 e. The maximum absolute atomic E-state index is 13.1. The molecule has 94 valence electrons. The fourth-order valence-electron chi connectivity index (χ4n) is 2.60. The van der Waals surface area contributed by atoms with E-state index in [2.05, 4.69) is 11.8 Å². The summed E-state index contributed by atoms with van der Waals surface area (Å²) in [4.78, 5) is 2.39. The molecule has 1 unspecified atom stereocenters. The second-order valence-electron chi connectivity index (χ2n) is 4.78. The molecule has 0 radical (unpaired) electrons. The number of piperidine rings is 1. The van der Waals surface area contributed by atoms with Gasteiger partial charge in [0.15, 0.2) is 11.6 Å². The molecule has 0 saturated carbocycles. The standard InChI is InChI=1S/C14H19F2N/c1-2-12-5-3-4-8-17(12)10-11-6-7-13(15)14(16)9-11/h6-7,9,12H,2-5,8,10H2,1H3. The van der Waals surface area contributed by atoms with Crippen LogP contribution in [0.25, 0.3) is 0 Å². The van der Waals surface area contributed by atoms with Gasteiger partial charge in [-0.2, -0.15) is 0 Å². The van der Waals surface area contributed by atoms with Gasteiger partial charge in [-0.1, -0.05) is 19.4 Å². The highest BCUT2D eigenvalue weighted by atomic mass is 19.2. The Labute approximate surface area is 101 Å². The fourth-order valence-corrected chi connectivity index (χ4v) is 2.60. The van der Waals surface area contributed by atoms with E-state index in [0.29, 0.717) is 6.04 Å². The Morgan fingerprint density at radius 3 is 2.76 bits per heavy atom. The Hall–Kier alpha value is -0.960. The fraction of sp³-hybridized carbons (Fsp3) is 0.571. The molecule has 0 N–H and O–H groups in total. The minimum absolute atomic E-state index is 0.594. The second kappa shape index (κ2) is 5.58. The maximum Gasteiger partial charge on any atom is 0.159 e. The average molecular weight is 239 g/mol. The van der Waals surface area contributed by atoms with Crippen molar-refractivity contribution >= 4 is 0 Å². The van der Waals surface area contributed by atoms with Gasteiger partial charge in [-0.3, -0.25) is 4.90 Å². The van der Waals surface area contributed by atoms with Crippen LogP contribution in [-0.4, -0.2) is 17.5 Å². The Morgan fingerprint density at radius 2 is 2.06 bits per heavy atom. The minimum Gasteiger partial charge on any atom is -0.296 e. The average Bonchev–Trinajstić information content (AvgIpc) is 2.34. The Balaban J connectivity index is 2.05. The van der Waals surface area contributed by atoms with E-state index in [9.17, 15) is 8.78 Å². The molecule has 0 spiro atoms. The van der Waals surface area contributed by atoms with E-state index in [1.807, 2.05) is 0 Å². The van der Waals surface area contributed by atoms with Crippen molar-refractivity contribution in [3.63, 3.8) is 0 Å². The first-order valence-electron chi connectivity index (χ1n) is 6.38. The predicted octanol–water partition coefficient (Wildman–Crippen LogP) is 3.73. The summed E-state index contributed by atoms with van der Waals surface area (Å²) in [7, 11) is 0. The van der Waals surface area contributed by atoms with E-state index in [-0.39, 0.29) is 0 Å². The summed E-state index contributed by atoms with van der Waals surface area (Å²) in [5, 5.41) is 0. The maximum atomic E-state index is 13.1. The lowest BCUT2D eigenvalue weighted by molar-refractivity contribution is 0.136. The van der Waals surface area contributed by atoms with Crippen LogP contribution in [0.2, 0.25) is 0 Å². The lowest BCUT2D eigenvalue weighted by Crippen LogP contribution is -2.38. The molecular formula is C14H19F2N. The van der Waals surface area contributed by atoms with Crippen LogP contribution in [0.1, 0.15) is 38.2 Å². The van der Waals surface area contributed by atoms with E-state index in [1.54, 1.807) is 6.07 Å². The lowest BCUT2D eigenvalue weighted by atomic mass is 9.99. The van der Waals surface area contributed by atoms with Crippen molar-refractivity contribution in [1.82, 2.24) is 4.90 Å². The van der Waals surface area contributed by atoms with Crippen LogP contribution in [0.15, 0.2) is 18.2 Å². The quantitative estimate of drug-likeness (QED) is 0.777. The third-order valence-corrected chi connectivity index (χ3v) is 3.59. The van der Waals surface area contributed by atoms with Crippen LogP contribution in [0.5, 0.6) is 0 Å². The van der Waals surface area contributed by atoms with Crippen LogP contribution in [0, 0.1) is 11.6 Å². The van der Waals surface area contributed by atoms with Crippen LogP contribution < -0.4 is 0 Å². The van der Waals surface area contributed by atoms with Gasteiger partial charge in [-0.25, -0.2) is 8.78 Å². The molecule has 0 amide bonds.